The van der Waals surface area contributed by atoms with Crippen LogP contribution in [0.1, 0.15) is 5.56 Å². The molecule has 1 aliphatic heterocycles. The molecule has 0 radical (unpaired) electrons. The van der Waals surface area contributed by atoms with Gasteiger partial charge in [-0.25, -0.2) is 4.98 Å². The molecule has 2 heterocycles. The van der Waals surface area contributed by atoms with Crippen molar-refractivity contribution in [3.8, 4) is 11.3 Å². The lowest BCUT2D eigenvalue weighted by Crippen LogP contribution is -2.50. The molecule has 1 atom stereocenters. The van der Waals surface area contributed by atoms with Gasteiger partial charge in [0.1, 0.15) is 0 Å². The number of ether oxygens (including phenoxy) is 1. The van der Waals surface area contributed by atoms with Crippen molar-refractivity contribution in [3.05, 3.63) is 66.2 Å². The van der Waals surface area contributed by atoms with Crippen LogP contribution in [0.3, 0.4) is 0 Å². The minimum absolute atomic E-state index is 0.0580. The fraction of sp³-hybridized carbons (Fsp3) is 0.286. The summed E-state index contributed by atoms with van der Waals surface area (Å²) in [5.74, 6) is -1.43. The number of aromatic nitrogens is 1. The molecule has 5 nitrogen and oxygen atoms in total. The SMILES string of the molecule is OCCN1CCOC(O)(c2cc(-c3ccccc3)nc3ccccc23)C1. The Morgan fingerprint density at radius 1 is 1.08 bits per heavy atom. The lowest BCUT2D eigenvalue weighted by Gasteiger charge is -2.39. The first kappa shape index (κ1) is 17.1. The van der Waals surface area contributed by atoms with E-state index in [4.69, 9.17) is 9.72 Å². The molecule has 5 heteroatoms. The van der Waals surface area contributed by atoms with E-state index in [1.54, 1.807) is 0 Å². The van der Waals surface area contributed by atoms with Crippen LogP contribution in [-0.4, -0.2) is 52.9 Å². The van der Waals surface area contributed by atoms with Crippen molar-refractivity contribution in [2.24, 2.45) is 0 Å². The molecule has 0 saturated carbocycles. The molecule has 0 spiro atoms. The molecule has 26 heavy (non-hydrogen) atoms. The number of hydrogen-bond donors (Lipinski definition) is 2. The predicted octanol–water partition coefficient (Wildman–Crippen LogP) is 2.37. The highest BCUT2D eigenvalue weighted by Gasteiger charge is 2.38. The minimum Gasteiger partial charge on any atom is -0.395 e. The summed E-state index contributed by atoms with van der Waals surface area (Å²) in [4.78, 5) is 6.78. The number of nitrogens with zero attached hydrogens (tertiary/aromatic N) is 2. The molecule has 2 N–H and O–H groups in total. The number of morpholine rings is 1. The molecule has 2 aromatic carbocycles. The summed E-state index contributed by atoms with van der Waals surface area (Å²) in [6.45, 7) is 1.99. The highest BCUT2D eigenvalue weighted by atomic mass is 16.6. The standard InChI is InChI=1S/C21H22N2O3/c24-12-10-23-11-13-26-21(25,15-23)18-14-20(16-6-2-1-3-7-16)22-19-9-5-4-8-17(18)19/h1-9,14,24-25H,10-13,15H2. The van der Waals surface area contributed by atoms with E-state index < -0.39 is 5.79 Å². The molecule has 1 saturated heterocycles. The lowest BCUT2D eigenvalue weighted by molar-refractivity contribution is -0.247. The van der Waals surface area contributed by atoms with E-state index in [1.165, 1.54) is 0 Å². The maximum absolute atomic E-state index is 11.3. The van der Waals surface area contributed by atoms with Crippen LogP contribution >= 0.6 is 0 Å². The van der Waals surface area contributed by atoms with Gasteiger partial charge >= 0.3 is 0 Å². The highest BCUT2D eigenvalue weighted by Crippen LogP contribution is 2.34. The van der Waals surface area contributed by atoms with Crippen LogP contribution < -0.4 is 0 Å². The van der Waals surface area contributed by atoms with Gasteiger partial charge in [0.15, 0.2) is 0 Å². The topological polar surface area (TPSA) is 65.8 Å². The number of fused-ring (bicyclic) bond motifs is 1. The van der Waals surface area contributed by atoms with Crippen LogP contribution in [0, 0.1) is 0 Å². The van der Waals surface area contributed by atoms with Crippen molar-refractivity contribution in [1.29, 1.82) is 0 Å². The number of β-amino-alcohol motifs (C(OH)–C–C–N with tert-alkyl or cyclic N) is 2. The summed E-state index contributed by atoms with van der Waals surface area (Å²) in [5, 5.41) is 21.5. The minimum atomic E-state index is -1.43. The Kier molecular flexibility index (Phi) is 4.70. The van der Waals surface area contributed by atoms with Crippen LogP contribution in [-0.2, 0) is 10.5 Å². The van der Waals surface area contributed by atoms with Gasteiger partial charge in [0.25, 0.3) is 0 Å². The van der Waals surface area contributed by atoms with E-state index in [1.807, 2.05) is 65.6 Å². The molecule has 1 unspecified atom stereocenters. The zero-order chi connectivity index (χ0) is 18.0. The highest BCUT2D eigenvalue weighted by molar-refractivity contribution is 5.86. The number of aliphatic hydroxyl groups excluding tert-OH is 1. The van der Waals surface area contributed by atoms with Gasteiger partial charge in [-0.2, -0.15) is 0 Å². The van der Waals surface area contributed by atoms with E-state index in [9.17, 15) is 10.2 Å². The maximum Gasteiger partial charge on any atom is 0.206 e. The second kappa shape index (κ2) is 7.13. The van der Waals surface area contributed by atoms with Crippen LogP contribution in [0.5, 0.6) is 0 Å². The Morgan fingerprint density at radius 3 is 2.65 bits per heavy atom. The molecule has 0 bridgehead atoms. The third-order valence-corrected chi connectivity index (χ3v) is 4.81. The third kappa shape index (κ3) is 3.22. The summed E-state index contributed by atoms with van der Waals surface area (Å²) in [6.07, 6.45) is 0. The summed E-state index contributed by atoms with van der Waals surface area (Å²) >= 11 is 0. The average molecular weight is 350 g/mol. The van der Waals surface area contributed by atoms with E-state index in [-0.39, 0.29) is 6.61 Å². The molecule has 3 aromatic rings. The van der Waals surface area contributed by atoms with Crippen molar-refractivity contribution >= 4 is 10.9 Å². The predicted molar refractivity (Wildman–Crippen MR) is 101 cm³/mol. The molecular formula is C21H22N2O3. The first-order valence-corrected chi connectivity index (χ1v) is 8.85. The van der Waals surface area contributed by atoms with E-state index in [0.29, 0.717) is 31.8 Å². The maximum atomic E-state index is 11.3. The Hall–Kier alpha value is -2.31. The van der Waals surface area contributed by atoms with Crippen molar-refractivity contribution in [1.82, 2.24) is 9.88 Å². The Morgan fingerprint density at radius 2 is 1.85 bits per heavy atom. The lowest BCUT2D eigenvalue weighted by atomic mass is 9.96. The van der Waals surface area contributed by atoms with Gasteiger partial charge in [0.05, 0.1) is 31.0 Å². The largest absolute Gasteiger partial charge is 0.395 e. The number of aliphatic hydroxyl groups is 2. The van der Waals surface area contributed by atoms with Crippen molar-refractivity contribution in [3.63, 3.8) is 0 Å². The first-order chi connectivity index (χ1) is 12.7. The van der Waals surface area contributed by atoms with E-state index >= 15 is 0 Å². The van der Waals surface area contributed by atoms with Crippen LogP contribution in [0.4, 0.5) is 0 Å². The molecule has 1 fully saturated rings. The van der Waals surface area contributed by atoms with Crippen LogP contribution in [0.15, 0.2) is 60.7 Å². The first-order valence-electron chi connectivity index (χ1n) is 8.85. The van der Waals surface area contributed by atoms with Crippen molar-refractivity contribution < 1.29 is 14.9 Å². The molecule has 0 aliphatic carbocycles. The quantitative estimate of drug-likeness (QED) is 0.756. The van der Waals surface area contributed by atoms with Gasteiger partial charge in [0, 0.05) is 29.6 Å². The van der Waals surface area contributed by atoms with Gasteiger partial charge in [-0.3, -0.25) is 4.90 Å². The Labute approximate surface area is 152 Å². The van der Waals surface area contributed by atoms with Gasteiger partial charge < -0.3 is 14.9 Å². The fourth-order valence-corrected chi connectivity index (χ4v) is 3.52. The van der Waals surface area contributed by atoms with Gasteiger partial charge in [-0.15, -0.1) is 0 Å². The van der Waals surface area contributed by atoms with Gasteiger partial charge in [-0.1, -0.05) is 48.5 Å². The number of hydrogen-bond acceptors (Lipinski definition) is 5. The molecule has 1 aromatic heterocycles. The fourth-order valence-electron chi connectivity index (χ4n) is 3.52. The number of pyridine rings is 1. The van der Waals surface area contributed by atoms with Crippen molar-refractivity contribution in [2.75, 3.05) is 32.8 Å². The third-order valence-electron chi connectivity index (χ3n) is 4.81. The molecule has 1 aliphatic rings. The molecule has 4 rings (SSSR count). The number of benzene rings is 2. The average Bonchev–Trinajstić information content (AvgIpc) is 2.68. The second-order valence-corrected chi connectivity index (χ2v) is 6.57. The van der Waals surface area contributed by atoms with Crippen molar-refractivity contribution in [2.45, 2.75) is 5.79 Å². The number of para-hydroxylation sites is 1. The Balaban J connectivity index is 1.85. The summed E-state index contributed by atoms with van der Waals surface area (Å²) in [7, 11) is 0. The molecule has 0 amide bonds. The van der Waals surface area contributed by atoms with Gasteiger partial charge in [-0.05, 0) is 12.1 Å². The zero-order valence-electron chi connectivity index (χ0n) is 14.5. The van der Waals surface area contributed by atoms with Crippen LogP contribution in [0.25, 0.3) is 22.2 Å². The van der Waals surface area contributed by atoms with Crippen LogP contribution in [0.2, 0.25) is 0 Å². The second-order valence-electron chi connectivity index (χ2n) is 6.57. The van der Waals surface area contributed by atoms with E-state index in [2.05, 4.69) is 0 Å². The molecular weight excluding hydrogens is 328 g/mol. The van der Waals surface area contributed by atoms with Gasteiger partial charge in [0.2, 0.25) is 5.79 Å². The number of rotatable bonds is 4. The zero-order valence-corrected chi connectivity index (χ0v) is 14.5. The summed E-state index contributed by atoms with van der Waals surface area (Å²) < 4.78 is 5.83. The smallest absolute Gasteiger partial charge is 0.206 e. The summed E-state index contributed by atoms with van der Waals surface area (Å²) in [5.41, 5.74) is 3.33. The summed E-state index contributed by atoms with van der Waals surface area (Å²) in [6, 6.07) is 19.6. The normalized spacial score (nSPS) is 21.2. The van der Waals surface area contributed by atoms with E-state index in [0.717, 1.165) is 22.2 Å². The Bertz CT molecular complexity index is 898. The molecule has 134 valence electrons. The monoisotopic (exact) mass is 350 g/mol.